The third-order valence-electron chi connectivity index (χ3n) is 4.73. The van der Waals surface area contributed by atoms with Gasteiger partial charge in [0, 0.05) is 36.3 Å². The van der Waals surface area contributed by atoms with E-state index in [0.717, 1.165) is 42.1 Å². The van der Waals surface area contributed by atoms with Crippen molar-refractivity contribution in [1.29, 1.82) is 0 Å². The number of nitrogens with two attached hydrogens (primary N) is 1. The number of carbonyl (C=O) groups is 1. The Morgan fingerprint density at radius 3 is 2.85 bits per heavy atom. The Bertz CT molecular complexity index is 894. The minimum atomic E-state index is -0.0156. The number of piperidine rings is 1. The first kappa shape index (κ1) is 19.5. The van der Waals surface area contributed by atoms with Gasteiger partial charge in [-0.2, -0.15) is 5.10 Å². The van der Waals surface area contributed by atoms with Gasteiger partial charge in [-0.25, -0.2) is 9.67 Å². The molecule has 142 valence electrons. The Morgan fingerprint density at radius 2 is 2.07 bits per heavy atom. The molecule has 4 rings (SSSR count). The largest absolute Gasteiger partial charge is 0.333 e. The van der Waals surface area contributed by atoms with E-state index in [-0.39, 0.29) is 24.4 Å². The average Bonchev–Trinajstić information content (AvgIpc) is 3.37. The molecule has 2 aromatic heterocycles. The number of hydrogen-bond acceptors (Lipinski definition) is 5. The first-order chi connectivity index (χ1) is 12.8. The second-order valence-electron chi connectivity index (χ2n) is 6.43. The van der Waals surface area contributed by atoms with E-state index in [9.17, 15) is 4.79 Å². The second kappa shape index (κ2) is 8.65. The minimum absolute atomic E-state index is 0. The lowest BCUT2D eigenvalue weighted by Gasteiger charge is -2.34. The van der Waals surface area contributed by atoms with E-state index >= 15 is 0 Å². The number of hydrogen-bond donors (Lipinski definition) is 1. The van der Waals surface area contributed by atoms with Crippen LogP contribution in [0.3, 0.4) is 0 Å². The molecule has 27 heavy (non-hydrogen) atoms. The van der Waals surface area contributed by atoms with Gasteiger partial charge in [-0.1, -0.05) is 18.2 Å². The SMILES string of the molecule is Cl.NCC1CCCCN1C(=O)c1csc(-c2cnn(-c3ccccc3)c2)n1. The molecule has 1 unspecified atom stereocenters. The van der Waals surface area contributed by atoms with Crippen molar-refractivity contribution in [2.45, 2.75) is 25.3 Å². The molecule has 1 aliphatic rings. The van der Waals surface area contributed by atoms with E-state index < -0.39 is 0 Å². The summed E-state index contributed by atoms with van der Waals surface area (Å²) >= 11 is 1.47. The summed E-state index contributed by atoms with van der Waals surface area (Å²) in [7, 11) is 0. The van der Waals surface area contributed by atoms with Crippen molar-refractivity contribution in [2.75, 3.05) is 13.1 Å². The van der Waals surface area contributed by atoms with Crippen LogP contribution in [-0.2, 0) is 0 Å². The maximum Gasteiger partial charge on any atom is 0.273 e. The van der Waals surface area contributed by atoms with Crippen LogP contribution >= 0.6 is 23.7 Å². The van der Waals surface area contributed by atoms with E-state index in [1.54, 1.807) is 6.20 Å². The molecule has 0 radical (unpaired) electrons. The summed E-state index contributed by atoms with van der Waals surface area (Å²) < 4.78 is 1.81. The fourth-order valence-corrected chi connectivity index (χ4v) is 4.09. The molecule has 1 aromatic carbocycles. The highest BCUT2D eigenvalue weighted by Gasteiger charge is 2.28. The van der Waals surface area contributed by atoms with Crippen LogP contribution in [0.2, 0.25) is 0 Å². The molecule has 0 aliphatic carbocycles. The first-order valence-corrected chi connectivity index (χ1v) is 9.71. The van der Waals surface area contributed by atoms with Gasteiger partial charge in [-0.3, -0.25) is 4.79 Å². The normalized spacial score (nSPS) is 16.8. The molecule has 1 atom stereocenters. The van der Waals surface area contributed by atoms with Gasteiger partial charge in [0.1, 0.15) is 10.7 Å². The minimum Gasteiger partial charge on any atom is -0.333 e. The molecule has 8 heteroatoms. The lowest BCUT2D eigenvalue weighted by molar-refractivity contribution is 0.0618. The van der Waals surface area contributed by atoms with Crippen molar-refractivity contribution in [2.24, 2.45) is 5.73 Å². The summed E-state index contributed by atoms with van der Waals surface area (Å²) in [6, 6.07) is 10.0. The highest BCUT2D eigenvalue weighted by Crippen LogP contribution is 2.26. The number of thiazole rings is 1. The van der Waals surface area contributed by atoms with Crippen LogP contribution in [0.15, 0.2) is 48.1 Å². The Balaban J connectivity index is 0.00000210. The highest BCUT2D eigenvalue weighted by atomic mass is 35.5. The summed E-state index contributed by atoms with van der Waals surface area (Å²) in [6.07, 6.45) is 6.86. The third-order valence-corrected chi connectivity index (χ3v) is 5.63. The topological polar surface area (TPSA) is 77.0 Å². The molecule has 1 fully saturated rings. The lowest BCUT2D eigenvalue weighted by atomic mass is 10.0. The molecule has 3 aromatic rings. The molecule has 1 saturated heterocycles. The van der Waals surface area contributed by atoms with Crippen LogP contribution in [0.4, 0.5) is 0 Å². The summed E-state index contributed by atoms with van der Waals surface area (Å²) in [6.45, 7) is 1.27. The van der Waals surface area contributed by atoms with Crippen LogP contribution in [0.25, 0.3) is 16.3 Å². The van der Waals surface area contributed by atoms with Gasteiger partial charge in [0.25, 0.3) is 5.91 Å². The Kier molecular flexibility index (Phi) is 6.26. The standard InChI is InChI=1S/C19H21N5OS.ClH/c20-10-16-8-4-5-9-23(16)19(25)17-13-26-18(22-17)14-11-21-24(12-14)15-6-2-1-3-7-15;/h1-3,6-7,11-13,16H,4-5,8-10,20H2;1H. The Labute approximate surface area is 168 Å². The monoisotopic (exact) mass is 403 g/mol. The molecule has 0 spiro atoms. The number of amides is 1. The maximum absolute atomic E-state index is 12.8. The number of halogens is 1. The molecule has 0 saturated carbocycles. The van der Waals surface area contributed by atoms with Gasteiger partial charge in [-0.05, 0) is 31.4 Å². The zero-order valence-corrected chi connectivity index (χ0v) is 16.5. The predicted molar refractivity (Wildman–Crippen MR) is 110 cm³/mol. The summed E-state index contributed by atoms with van der Waals surface area (Å²) in [5.74, 6) is -0.0156. The molecule has 3 heterocycles. The number of nitrogens with zero attached hydrogens (tertiary/aromatic N) is 4. The van der Waals surface area contributed by atoms with Gasteiger partial charge >= 0.3 is 0 Å². The van der Waals surface area contributed by atoms with Crippen molar-refractivity contribution < 1.29 is 4.79 Å². The van der Waals surface area contributed by atoms with Gasteiger partial charge in [0.15, 0.2) is 0 Å². The Hall–Kier alpha value is -2.22. The molecular weight excluding hydrogens is 382 g/mol. The summed E-state index contributed by atoms with van der Waals surface area (Å²) in [5.41, 5.74) is 8.24. The van der Waals surface area contributed by atoms with Crippen molar-refractivity contribution in [3.05, 3.63) is 53.8 Å². The number of likely N-dealkylation sites (tertiary alicyclic amines) is 1. The lowest BCUT2D eigenvalue weighted by Crippen LogP contribution is -2.47. The van der Waals surface area contributed by atoms with Crippen LogP contribution < -0.4 is 5.73 Å². The fourth-order valence-electron chi connectivity index (χ4n) is 3.32. The van der Waals surface area contributed by atoms with Crippen molar-refractivity contribution in [1.82, 2.24) is 19.7 Å². The van der Waals surface area contributed by atoms with Crippen molar-refractivity contribution >= 4 is 29.7 Å². The molecule has 1 aliphatic heterocycles. The fraction of sp³-hybridized carbons (Fsp3) is 0.316. The van der Waals surface area contributed by atoms with Gasteiger partial charge in [0.05, 0.1) is 11.9 Å². The van der Waals surface area contributed by atoms with Crippen LogP contribution in [0.5, 0.6) is 0 Å². The molecular formula is C19H22ClN5OS. The quantitative estimate of drug-likeness (QED) is 0.724. The van der Waals surface area contributed by atoms with E-state index in [0.29, 0.717) is 12.2 Å². The number of carbonyl (C=O) groups excluding carboxylic acids is 1. The van der Waals surface area contributed by atoms with Crippen LogP contribution in [-0.4, -0.2) is 44.7 Å². The first-order valence-electron chi connectivity index (χ1n) is 8.83. The zero-order chi connectivity index (χ0) is 17.9. The number of benzene rings is 1. The predicted octanol–water partition coefficient (Wildman–Crippen LogP) is 3.37. The number of para-hydroxylation sites is 1. The highest BCUT2D eigenvalue weighted by molar-refractivity contribution is 7.13. The van der Waals surface area contributed by atoms with Gasteiger partial charge in [0.2, 0.25) is 0 Å². The molecule has 6 nitrogen and oxygen atoms in total. The number of aromatic nitrogens is 3. The molecule has 2 N–H and O–H groups in total. The van der Waals surface area contributed by atoms with E-state index in [2.05, 4.69) is 10.1 Å². The zero-order valence-electron chi connectivity index (χ0n) is 14.8. The van der Waals surface area contributed by atoms with Crippen molar-refractivity contribution in [3.63, 3.8) is 0 Å². The van der Waals surface area contributed by atoms with Gasteiger partial charge < -0.3 is 10.6 Å². The maximum atomic E-state index is 12.8. The molecule has 1 amide bonds. The average molecular weight is 404 g/mol. The Morgan fingerprint density at radius 1 is 1.26 bits per heavy atom. The van der Waals surface area contributed by atoms with E-state index in [4.69, 9.17) is 5.73 Å². The summed E-state index contributed by atoms with van der Waals surface area (Å²) in [5, 5.41) is 7.04. The summed E-state index contributed by atoms with van der Waals surface area (Å²) in [4.78, 5) is 19.3. The van der Waals surface area contributed by atoms with Crippen LogP contribution in [0, 0.1) is 0 Å². The molecule has 0 bridgehead atoms. The van der Waals surface area contributed by atoms with Crippen LogP contribution in [0.1, 0.15) is 29.8 Å². The number of rotatable bonds is 4. The second-order valence-corrected chi connectivity index (χ2v) is 7.29. The van der Waals surface area contributed by atoms with E-state index in [1.807, 2.05) is 51.5 Å². The smallest absolute Gasteiger partial charge is 0.273 e. The third kappa shape index (κ3) is 4.05. The van der Waals surface area contributed by atoms with Gasteiger partial charge in [-0.15, -0.1) is 23.7 Å². The van der Waals surface area contributed by atoms with E-state index in [1.165, 1.54) is 11.3 Å². The van der Waals surface area contributed by atoms with Crippen molar-refractivity contribution in [3.8, 4) is 16.3 Å².